The van der Waals surface area contributed by atoms with E-state index in [1.807, 2.05) is 0 Å². The second kappa shape index (κ2) is 18.9. The van der Waals surface area contributed by atoms with Crippen LogP contribution in [0.4, 0.5) is 0 Å². The Morgan fingerprint density at radius 2 is 0.975 bits per heavy atom. The Morgan fingerprint density at radius 3 is 1.27 bits per heavy atom. The van der Waals surface area contributed by atoms with E-state index in [2.05, 4.69) is 41.5 Å². The van der Waals surface area contributed by atoms with Gasteiger partial charge in [0.2, 0.25) is 11.8 Å². The summed E-state index contributed by atoms with van der Waals surface area (Å²) >= 11 is 0. The molecule has 4 atom stereocenters. The van der Waals surface area contributed by atoms with Crippen LogP contribution in [0.5, 0.6) is 11.5 Å². The van der Waals surface area contributed by atoms with Crippen LogP contribution in [0.3, 0.4) is 0 Å². The summed E-state index contributed by atoms with van der Waals surface area (Å²) in [6.45, 7) is 14.4. The molecular formula is C32H58N4O4. The van der Waals surface area contributed by atoms with Crippen LogP contribution in [-0.2, 0) is 9.59 Å². The number of hydrogen-bond acceptors (Lipinski definition) is 6. The number of nitrogens with two attached hydrogens (primary N) is 4. The van der Waals surface area contributed by atoms with Crippen LogP contribution in [-0.4, -0.2) is 25.0 Å². The third-order valence-corrected chi connectivity index (χ3v) is 7.48. The van der Waals surface area contributed by atoms with Crippen molar-refractivity contribution in [2.45, 2.75) is 118 Å². The molecule has 0 aromatic heterocycles. The van der Waals surface area contributed by atoms with E-state index in [9.17, 15) is 9.59 Å². The van der Waals surface area contributed by atoms with Crippen LogP contribution in [0, 0.1) is 23.7 Å². The molecule has 0 saturated carbocycles. The van der Waals surface area contributed by atoms with Crippen LogP contribution in [0.2, 0.25) is 0 Å². The van der Waals surface area contributed by atoms with E-state index in [0.717, 1.165) is 25.7 Å². The molecule has 0 aliphatic heterocycles. The molecule has 1 aromatic rings. The standard InChI is InChI=1S/C32H58N4O4/c1-21(2)9-7-11-23(5)13-15-39-29-17-26(28(34)20-32(36)38)30(18-25(29)27(33)19-31(35)37)40-16-14-24(6)12-8-10-22(3)4/h17-18,21-24,27-28H,7-16,19-20,33-34H2,1-6H3,(H2,35,37)(H2,36,38). The highest BCUT2D eigenvalue weighted by molar-refractivity contribution is 5.75. The van der Waals surface area contributed by atoms with Crippen molar-refractivity contribution >= 4 is 11.8 Å². The predicted octanol–water partition coefficient (Wildman–Crippen LogP) is 5.90. The van der Waals surface area contributed by atoms with Gasteiger partial charge in [-0.05, 0) is 48.6 Å². The molecule has 0 spiro atoms. The summed E-state index contributed by atoms with van der Waals surface area (Å²) in [7, 11) is 0. The summed E-state index contributed by atoms with van der Waals surface area (Å²) in [5.41, 5.74) is 25.0. The lowest BCUT2D eigenvalue weighted by Crippen LogP contribution is -2.24. The van der Waals surface area contributed by atoms with Crippen molar-refractivity contribution in [2.75, 3.05) is 13.2 Å². The largest absolute Gasteiger partial charge is 0.493 e. The van der Waals surface area contributed by atoms with Gasteiger partial charge in [0.05, 0.1) is 13.2 Å². The van der Waals surface area contributed by atoms with Gasteiger partial charge in [-0.3, -0.25) is 9.59 Å². The summed E-state index contributed by atoms with van der Waals surface area (Å²) in [5.74, 6) is 2.52. The van der Waals surface area contributed by atoms with Crippen LogP contribution in [0.25, 0.3) is 0 Å². The number of hydrogen-bond donors (Lipinski definition) is 4. The predicted molar refractivity (Wildman–Crippen MR) is 164 cm³/mol. The Hall–Kier alpha value is -2.32. The SMILES string of the molecule is CC(C)CCCC(C)CCOc1cc(C(N)CC(N)=O)c(OCCC(C)CCCC(C)C)cc1C(N)CC(N)=O. The Balaban J connectivity index is 3.12. The van der Waals surface area contributed by atoms with Crippen molar-refractivity contribution < 1.29 is 19.1 Å². The number of benzene rings is 1. The Bertz CT molecular complexity index is 818. The van der Waals surface area contributed by atoms with E-state index in [0.29, 0.717) is 59.5 Å². The first-order valence-corrected chi connectivity index (χ1v) is 15.3. The van der Waals surface area contributed by atoms with Gasteiger partial charge in [0.25, 0.3) is 0 Å². The Morgan fingerprint density at radius 1 is 0.625 bits per heavy atom. The van der Waals surface area contributed by atoms with E-state index in [4.69, 9.17) is 32.4 Å². The maximum atomic E-state index is 11.7. The molecule has 0 aliphatic carbocycles. The topological polar surface area (TPSA) is 157 Å². The molecule has 0 heterocycles. The lowest BCUT2D eigenvalue weighted by molar-refractivity contribution is -0.119. The summed E-state index contributed by atoms with van der Waals surface area (Å²) in [6, 6.07) is 2.29. The lowest BCUT2D eigenvalue weighted by atomic mass is 9.95. The van der Waals surface area contributed by atoms with E-state index in [1.54, 1.807) is 12.1 Å². The smallest absolute Gasteiger partial charge is 0.219 e. The Labute approximate surface area is 243 Å². The molecule has 4 unspecified atom stereocenters. The minimum absolute atomic E-state index is 0.0268. The maximum Gasteiger partial charge on any atom is 0.219 e. The molecule has 0 saturated heterocycles. The zero-order valence-corrected chi connectivity index (χ0v) is 26.0. The number of carbonyl (C=O) groups excluding carboxylic acids is 2. The first kappa shape index (κ1) is 35.7. The van der Waals surface area contributed by atoms with Crippen LogP contribution >= 0.6 is 0 Å². The second-order valence-electron chi connectivity index (χ2n) is 12.6. The zero-order chi connectivity index (χ0) is 30.2. The molecule has 8 N–H and O–H groups in total. The van der Waals surface area contributed by atoms with Crippen molar-refractivity contribution in [1.29, 1.82) is 0 Å². The van der Waals surface area contributed by atoms with Crippen molar-refractivity contribution in [3.05, 3.63) is 23.3 Å². The first-order chi connectivity index (χ1) is 18.8. The van der Waals surface area contributed by atoms with Gasteiger partial charge in [-0.25, -0.2) is 0 Å². The lowest BCUT2D eigenvalue weighted by Gasteiger charge is -2.23. The third kappa shape index (κ3) is 14.9. The molecule has 230 valence electrons. The molecule has 0 fully saturated rings. The van der Waals surface area contributed by atoms with Crippen molar-refractivity contribution in [3.8, 4) is 11.5 Å². The summed E-state index contributed by atoms with van der Waals surface area (Å²) in [6.07, 6.45) is 8.84. The van der Waals surface area contributed by atoms with Crippen molar-refractivity contribution in [3.63, 3.8) is 0 Å². The zero-order valence-electron chi connectivity index (χ0n) is 26.0. The summed E-state index contributed by atoms with van der Waals surface area (Å²) in [4.78, 5) is 23.4. The fourth-order valence-electron chi connectivity index (χ4n) is 4.85. The van der Waals surface area contributed by atoms with Gasteiger partial charge in [-0.15, -0.1) is 0 Å². The van der Waals surface area contributed by atoms with Gasteiger partial charge in [-0.1, -0.05) is 80.1 Å². The minimum Gasteiger partial charge on any atom is -0.493 e. The highest BCUT2D eigenvalue weighted by atomic mass is 16.5. The van der Waals surface area contributed by atoms with Gasteiger partial charge in [0, 0.05) is 36.1 Å². The second-order valence-corrected chi connectivity index (χ2v) is 12.6. The molecule has 0 aliphatic rings. The van der Waals surface area contributed by atoms with E-state index in [1.165, 1.54) is 25.7 Å². The van der Waals surface area contributed by atoms with Crippen LogP contribution in [0.1, 0.15) is 129 Å². The quantitative estimate of drug-likeness (QED) is 0.138. The fourth-order valence-corrected chi connectivity index (χ4v) is 4.85. The molecule has 1 rings (SSSR count). The normalized spacial score (nSPS) is 14.7. The van der Waals surface area contributed by atoms with E-state index in [-0.39, 0.29) is 12.8 Å². The molecule has 2 amide bonds. The molecule has 0 bridgehead atoms. The first-order valence-electron chi connectivity index (χ1n) is 15.3. The van der Waals surface area contributed by atoms with Gasteiger partial charge < -0.3 is 32.4 Å². The van der Waals surface area contributed by atoms with Crippen LogP contribution < -0.4 is 32.4 Å². The summed E-state index contributed by atoms with van der Waals surface area (Å²) < 4.78 is 12.5. The number of rotatable bonds is 22. The molecule has 40 heavy (non-hydrogen) atoms. The maximum absolute atomic E-state index is 11.7. The van der Waals surface area contributed by atoms with E-state index >= 15 is 0 Å². The monoisotopic (exact) mass is 562 g/mol. The van der Waals surface area contributed by atoms with Crippen molar-refractivity contribution in [1.82, 2.24) is 0 Å². The van der Waals surface area contributed by atoms with Gasteiger partial charge in [0.15, 0.2) is 0 Å². The average Bonchev–Trinajstić information content (AvgIpc) is 2.83. The number of ether oxygens (including phenoxy) is 2. The Kier molecular flexibility index (Phi) is 16.9. The molecule has 8 nitrogen and oxygen atoms in total. The molecule has 8 heteroatoms. The molecule has 0 radical (unpaired) electrons. The number of primary amides is 2. The highest BCUT2D eigenvalue weighted by Crippen LogP contribution is 2.37. The third-order valence-electron chi connectivity index (χ3n) is 7.48. The fraction of sp³-hybridized carbons (Fsp3) is 0.750. The van der Waals surface area contributed by atoms with Crippen LogP contribution in [0.15, 0.2) is 12.1 Å². The van der Waals surface area contributed by atoms with Gasteiger partial charge in [-0.2, -0.15) is 0 Å². The minimum atomic E-state index is -0.658. The van der Waals surface area contributed by atoms with Gasteiger partial charge >= 0.3 is 0 Å². The van der Waals surface area contributed by atoms with Crippen molar-refractivity contribution in [2.24, 2.45) is 46.6 Å². The summed E-state index contributed by atoms with van der Waals surface area (Å²) in [5, 5.41) is 0. The van der Waals surface area contributed by atoms with Gasteiger partial charge in [0.1, 0.15) is 11.5 Å². The number of carbonyl (C=O) groups is 2. The van der Waals surface area contributed by atoms with E-state index < -0.39 is 23.9 Å². The highest BCUT2D eigenvalue weighted by Gasteiger charge is 2.23. The number of amides is 2. The average molecular weight is 563 g/mol. The molecule has 1 aromatic carbocycles. The molecular weight excluding hydrogens is 504 g/mol.